The summed E-state index contributed by atoms with van der Waals surface area (Å²) < 4.78 is 6.37. The van der Waals surface area contributed by atoms with Crippen LogP contribution in [0.15, 0.2) is 33.5 Å². The van der Waals surface area contributed by atoms with Crippen molar-refractivity contribution in [2.75, 3.05) is 26.2 Å². The molecule has 2 aromatic rings. The van der Waals surface area contributed by atoms with Crippen LogP contribution in [-0.2, 0) is 16.1 Å². The molecule has 1 aromatic carbocycles. The number of benzene rings is 1. The summed E-state index contributed by atoms with van der Waals surface area (Å²) in [6.45, 7) is 4.43. The van der Waals surface area contributed by atoms with E-state index in [1.165, 1.54) is 9.47 Å². The number of oxazole rings is 1. The second-order valence-electron chi connectivity index (χ2n) is 7.04. The molecule has 1 unspecified atom stereocenters. The molecule has 0 aliphatic carbocycles. The van der Waals surface area contributed by atoms with E-state index in [2.05, 4.69) is 0 Å². The van der Waals surface area contributed by atoms with E-state index in [0.717, 1.165) is 0 Å². The lowest BCUT2D eigenvalue weighted by Crippen LogP contribution is -2.42. The second-order valence-corrected chi connectivity index (χ2v) is 7.04. The van der Waals surface area contributed by atoms with Crippen molar-refractivity contribution in [3.05, 3.63) is 34.8 Å². The number of aromatic nitrogens is 1. The molecule has 8 heteroatoms. The molecule has 26 heavy (non-hydrogen) atoms. The van der Waals surface area contributed by atoms with Crippen LogP contribution < -0.4 is 5.76 Å². The van der Waals surface area contributed by atoms with Gasteiger partial charge in [-0.15, -0.1) is 0 Å². The molecule has 1 saturated heterocycles. The van der Waals surface area contributed by atoms with Gasteiger partial charge in [0.1, 0.15) is 6.54 Å². The van der Waals surface area contributed by atoms with Crippen LogP contribution in [0, 0.1) is 5.92 Å². The Morgan fingerprint density at radius 1 is 1.27 bits per heavy atom. The van der Waals surface area contributed by atoms with Crippen molar-refractivity contribution in [3.63, 3.8) is 0 Å². The third kappa shape index (κ3) is 3.80. The number of carbonyl (C=O) groups excluding carboxylic acids is 2. The van der Waals surface area contributed by atoms with Crippen molar-refractivity contribution in [2.24, 2.45) is 5.92 Å². The van der Waals surface area contributed by atoms with Crippen LogP contribution in [0.25, 0.3) is 11.1 Å². The SMILES string of the molecule is CC(C)CN1CC(O)CN(C(=O)Cn2c(=O)oc3ccccc32)CC1=O. The number of β-amino-alcohol motifs (C(OH)–C–C–N with tert-alkyl or cyclic N) is 1. The Balaban J connectivity index is 1.78. The molecule has 1 aliphatic rings. The Bertz CT molecular complexity index is 869. The number of para-hydroxylation sites is 2. The maximum Gasteiger partial charge on any atom is 0.420 e. The minimum absolute atomic E-state index is 0.0592. The molecule has 0 spiro atoms. The van der Waals surface area contributed by atoms with Crippen LogP contribution in [0.4, 0.5) is 0 Å². The van der Waals surface area contributed by atoms with Gasteiger partial charge in [0.25, 0.3) is 0 Å². The zero-order valence-corrected chi connectivity index (χ0v) is 14.9. The van der Waals surface area contributed by atoms with E-state index in [1.54, 1.807) is 29.2 Å². The molecular formula is C18H23N3O5. The Kier molecular flexibility index (Phi) is 5.13. The number of rotatable bonds is 4. The lowest BCUT2D eigenvalue weighted by atomic mass is 10.2. The van der Waals surface area contributed by atoms with E-state index >= 15 is 0 Å². The van der Waals surface area contributed by atoms with Gasteiger partial charge in [-0.25, -0.2) is 4.79 Å². The van der Waals surface area contributed by atoms with Crippen molar-refractivity contribution in [3.8, 4) is 0 Å². The van der Waals surface area contributed by atoms with Gasteiger partial charge < -0.3 is 19.3 Å². The predicted molar refractivity (Wildman–Crippen MR) is 94.5 cm³/mol. The van der Waals surface area contributed by atoms with E-state index in [0.29, 0.717) is 17.6 Å². The maximum absolute atomic E-state index is 12.7. The normalized spacial score (nSPS) is 18.6. The first-order chi connectivity index (χ1) is 12.3. The molecule has 1 aromatic heterocycles. The van der Waals surface area contributed by atoms with Gasteiger partial charge >= 0.3 is 5.76 Å². The highest BCUT2D eigenvalue weighted by Gasteiger charge is 2.30. The lowest BCUT2D eigenvalue weighted by molar-refractivity contribution is -0.139. The van der Waals surface area contributed by atoms with Crippen molar-refractivity contribution in [1.29, 1.82) is 0 Å². The minimum atomic E-state index is -0.818. The average molecular weight is 361 g/mol. The fraction of sp³-hybridized carbons (Fsp3) is 0.500. The van der Waals surface area contributed by atoms with Crippen LogP contribution in [0.3, 0.4) is 0 Å². The van der Waals surface area contributed by atoms with Crippen molar-refractivity contribution >= 4 is 22.9 Å². The van der Waals surface area contributed by atoms with Crippen molar-refractivity contribution < 1.29 is 19.1 Å². The first kappa shape index (κ1) is 18.2. The van der Waals surface area contributed by atoms with Gasteiger partial charge in [0, 0.05) is 19.6 Å². The molecule has 0 bridgehead atoms. The number of aliphatic hydroxyl groups is 1. The van der Waals surface area contributed by atoms with Crippen molar-refractivity contribution in [2.45, 2.75) is 26.5 Å². The number of nitrogens with zero attached hydrogens (tertiary/aromatic N) is 3. The average Bonchev–Trinajstić information content (AvgIpc) is 2.80. The summed E-state index contributed by atoms with van der Waals surface area (Å²) >= 11 is 0. The summed E-state index contributed by atoms with van der Waals surface area (Å²) in [5.74, 6) is -0.961. The molecule has 1 N–H and O–H groups in total. The van der Waals surface area contributed by atoms with Crippen LogP contribution in [-0.4, -0.2) is 63.6 Å². The molecule has 1 atom stereocenters. The second kappa shape index (κ2) is 7.33. The Labute approximate surface area is 150 Å². The van der Waals surface area contributed by atoms with Gasteiger partial charge in [0.15, 0.2) is 5.58 Å². The monoisotopic (exact) mass is 361 g/mol. The summed E-state index contributed by atoms with van der Waals surface area (Å²) in [5, 5.41) is 10.2. The highest BCUT2D eigenvalue weighted by molar-refractivity contribution is 5.86. The topological polar surface area (TPSA) is 96.0 Å². The van der Waals surface area contributed by atoms with E-state index in [1.807, 2.05) is 13.8 Å². The van der Waals surface area contributed by atoms with Gasteiger partial charge in [0.05, 0.1) is 18.2 Å². The number of hydrogen-bond acceptors (Lipinski definition) is 5. The molecule has 1 aliphatic heterocycles. The Morgan fingerprint density at radius 3 is 2.73 bits per heavy atom. The molecular weight excluding hydrogens is 338 g/mol. The van der Waals surface area contributed by atoms with E-state index in [9.17, 15) is 19.5 Å². The molecule has 140 valence electrons. The highest BCUT2D eigenvalue weighted by Crippen LogP contribution is 2.13. The quantitative estimate of drug-likeness (QED) is 0.844. The maximum atomic E-state index is 12.7. The minimum Gasteiger partial charge on any atom is -0.408 e. The predicted octanol–water partition coefficient (Wildman–Crippen LogP) is 0.282. The standard InChI is InChI=1S/C18H23N3O5/c1-12(2)7-19-8-13(22)9-20(10-16(19)23)17(24)11-21-14-5-3-4-6-15(14)26-18(21)25/h3-6,12-13,22H,7-11H2,1-2H3. The molecule has 1 fully saturated rings. The number of carbonyl (C=O) groups is 2. The summed E-state index contributed by atoms with van der Waals surface area (Å²) in [6.07, 6.45) is -0.818. The van der Waals surface area contributed by atoms with Gasteiger partial charge in [0.2, 0.25) is 11.8 Å². The Morgan fingerprint density at radius 2 is 2.00 bits per heavy atom. The largest absolute Gasteiger partial charge is 0.420 e. The summed E-state index contributed by atoms with van der Waals surface area (Å²) in [5.41, 5.74) is 0.925. The van der Waals surface area contributed by atoms with Crippen LogP contribution >= 0.6 is 0 Å². The zero-order valence-electron chi connectivity index (χ0n) is 14.9. The van der Waals surface area contributed by atoms with Gasteiger partial charge in [-0.05, 0) is 18.1 Å². The van der Waals surface area contributed by atoms with E-state index in [4.69, 9.17) is 4.42 Å². The number of fused-ring (bicyclic) bond motifs is 1. The highest BCUT2D eigenvalue weighted by atomic mass is 16.4. The smallest absolute Gasteiger partial charge is 0.408 e. The molecule has 3 rings (SSSR count). The molecule has 2 amide bonds. The fourth-order valence-corrected chi connectivity index (χ4v) is 3.20. The fourth-order valence-electron chi connectivity index (χ4n) is 3.20. The third-order valence-electron chi connectivity index (χ3n) is 4.35. The van der Waals surface area contributed by atoms with Crippen LogP contribution in [0.1, 0.15) is 13.8 Å². The lowest BCUT2D eigenvalue weighted by Gasteiger charge is -2.23. The zero-order chi connectivity index (χ0) is 18.8. The van der Waals surface area contributed by atoms with E-state index < -0.39 is 17.8 Å². The molecule has 0 saturated carbocycles. The molecule has 2 heterocycles. The van der Waals surface area contributed by atoms with Crippen LogP contribution in [0.5, 0.6) is 0 Å². The summed E-state index contributed by atoms with van der Waals surface area (Å²) in [6, 6.07) is 6.84. The van der Waals surface area contributed by atoms with Crippen molar-refractivity contribution in [1.82, 2.24) is 14.4 Å². The number of amides is 2. The first-order valence-electron chi connectivity index (χ1n) is 8.67. The third-order valence-corrected chi connectivity index (χ3v) is 4.35. The molecule has 0 radical (unpaired) electrons. The van der Waals surface area contributed by atoms with Gasteiger partial charge in [-0.1, -0.05) is 26.0 Å². The first-order valence-corrected chi connectivity index (χ1v) is 8.67. The van der Waals surface area contributed by atoms with Crippen LogP contribution in [0.2, 0.25) is 0 Å². The van der Waals surface area contributed by atoms with Gasteiger partial charge in [-0.3, -0.25) is 14.2 Å². The summed E-state index contributed by atoms with van der Waals surface area (Å²) in [4.78, 5) is 40.0. The number of hydrogen-bond donors (Lipinski definition) is 1. The summed E-state index contributed by atoms with van der Waals surface area (Å²) in [7, 11) is 0. The van der Waals surface area contributed by atoms with E-state index in [-0.39, 0.29) is 38.0 Å². The van der Waals surface area contributed by atoms with Gasteiger partial charge in [-0.2, -0.15) is 0 Å². The Hall–Kier alpha value is -2.61. The molecule has 8 nitrogen and oxygen atoms in total. The number of aliphatic hydroxyl groups excluding tert-OH is 1.